The zero-order chi connectivity index (χ0) is 12.4. The van der Waals surface area contributed by atoms with Crippen LogP contribution in [-0.4, -0.2) is 28.0 Å². The fourth-order valence-corrected chi connectivity index (χ4v) is 1.68. The topological polar surface area (TPSA) is 79.3 Å². The average Bonchev–Trinajstić information content (AvgIpc) is 3.12. The lowest BCUT2D eigenvalue weighted by Crippen LogP contribution is -2.34. The number of nitrogens with one attached hydrogen (secondary N) is 1. The van der Waals surface area contributed by atoms with E-state index in [1.807, 2.05) is 6.92 Å². The zero-order valence-corrected chi connectivity index (χ0v) is 9.51. The number of rotatable bonds is 4. The average molecular weight is 234 g/mol. The lowest BCUT2D eigenvalue weighted by molar-refractivity contribution is 0.0690. The van der Waals surface area contributed by atoms with Gasteiger partial charge in [-0.3, -0.25) is 4.79 Å². The Morgan fingerprint density at radius 1 is 1.41 bits per heavy atom. The summed E-state index contributed by atoms with van der Waals surface area (Å²) in [5.74, 6) is -0.885. The molecule has 1 aromatic heterocycles. The van der Waals surface area contributed by atoms with E-state index in [-0.39, 0.29) is 23.3 Å². The van der Waals surface area contributed by atoms with Crippen molar-refractivity contribution in [2.24, 2.45) is 5.92 Å². The smallest absolute Gasteiger partial charge is 0.354 e. The third-order valence-corrected chi connectivity index (χ3v) is 2.89. The molecule has 2 N–H and O–H groups in total. The molecule has 5 nitrogen and oxygen atoms in total. The number of carbonyl (C=O) groups excluding carboxylic acids is 1. The van der Waals surface area contributed by atoms with Crippen LogP contribution < -0.4 is 5.32 Å². The number of aromatic carboxylic acids is 1. The number of carbonyl (C=O) groups is 2. The van der Waals surface area contributed by atoms with Crippen LogP contribution in [0.15, 0.2) is 18.2 Å². The third-order valence-electron chi connectivity index (χ3n) is 2.89. The predicted molar refractivity (Wildman–Crippen MR) is 60.8 cm³/mol. The van der Waals surface area contributed by atoms with Gasteiger partial charge < -0.3 is 10.4 Å². The number of carboxylic acid groups (broad SMARTS) is 1. The summed E-state index contributed by atoms with van der Waals surface area (Å²) >= 11 is 0. The van der Waals surface area contributed by atoms with E-state index in [2.05, 4.69) is 10.3 Å². The van der Waals surface area contributed by atoms with Crippen molar-refractivity contribution in [3.05, 3.63) is 29.6 Å². The Hall–Kier alpha value is -1.91. The molecule has 1 saturated carbocycles. The SMILES string of the molecule is CC(NC(=O)c1cccc(C(=O)O)n1)C1CC1. The number of carboxylic acids is 1. The first-order valence-corrected chi connectivity index (χ1v) is 5.59. The highest BCUT2D eigenvalue weighted by atomic mass is 16.4. The summed E-state index contributed by atoms with van der Waals surface area (Å²) in [6.45, 7) is 1.95. The van der Waals surface area contributed by atoms with E-state index in [9.17, 15) is 9.59 Å². The van der Waals surface area contributed by atoms with Gasteiger partial charge in [0.15, 0.2) is 0 Å². The van der Waals surface area contributed by atoms with Crippen molar-refractivity contribution >= 4 is 11.9 Å². The Morgan fingerprint density at radius 2 is 2.06 bits per heavy atom. The van der Waals surface area contributed by atoms with Crippen molar-refractivity contribution in [3.8, 4) is 0 Å². The fraction of sp³-hybridized carbons (Fsp3) is 0.417. The lowest BCUT2D eigenvalue weighted by Gasteiger charge is -2.12. The first-order valence-electron chi connectivity index (χ1n) is 5.59. The highest BCUT2D eigenvalue weighted by Crippen LogP contribution is 2.32. The van der Waals surface area contributed by atoms with Gasteiger partial charge in [0.25, 0.3) is 5.91 Å². The monoisotopic (exact) mass is 234 g/mol. The van der Waals surface area contributed by atoms with Crippen molar-refractivity contribution in [2.45, 2.75) is 25.8 Å². The van der Waals surface area contributed by atoms with Crippen molar-refractivity contribution in [3.63, 3.8) is 0 Å². The van der Waals surface area contributed by atoms with Crippen LogP contribution in [0.2, 0.25) is 0 Å². The Labute approximate surface area is 98.9 Å². The number of pyridine rings is 1. The standard InChI is InChI=1S/C12H14N2O3/c1-7(8-5-6-8)13-11(15)9-3-2-4-10(14-9)12(16)17/h2-4,7-8H,5-6H2,1H3,(H,13,15)(H,16,17). The fourth-order valence-electron chi connectivity index (χ4n) is 1.68. The van der Waals surface area contributed by atoms with Gasteiger partial charge in [0.1, 0.15) is 11.4 Å². The van der Waals surface area contributed by atoms with E-state index in [1.54, 1.807) is 0 Å². The van der Waals surface area contributed by atoms with Crippen molar-refractivity contribution in [2.75, 3.05) is 0 Å². The third kappa shape index (κ3) is 2.81. The van der Waals surface area contributed by atoms with Crippen LogP contribution in [0.25, 0.3) is 0 Å². The van der Waals surface area contributed by atoms with Crippen LogP contribution in [0.4, 0.5) is 0 Å². The van der Waals surface area contributed by atoms with Crippen LogP contribution in [-0.2, 0) is 0 Å². The Bertz CT molecular complexity index is 455. The van der Waals surface area contributed by atoms with Gasteiger partial charge in [0, 0.05) is 6.04 Å². The molecule has 1 unspecified atom stereocenters. The number of aromatic nitrogens is 1. The molecule has 1 amide bonds. The highest BCUT2D eigenvalue weighted by Gasteiger charge is 2.29. The molecule has 2 rings (SSSR count). The van der Waals surface area contributed by atoms with Crippen molar-refractivity contribution in [1.82, 2.24) is 10.3 Å². The van der Waals surface area contributed by atoms with Crippen LogP contribution in [0.3, 0.4) is 0 Å². The van der Waals surface area contributed by atoms with Gasteiger partial charge in [-0.1, -0.05) is 6.07 Å². The maximum Gasteiger partial charge on any atom is 0.354 e. The van der Waals surface area contributed by atoms with Gasteiger partial charge in [-0.2, -0.15) is 0 Å². The second kappa shape index (κ2) is 4.53. The van der Waals surface area contributed by atoms with Gasteiger partial charge in [-0.15, -0.1) is 0 Å². The van der Waals surface area contributed by atoms with E-state index in [1.165, 1.54) is 18.2 Å². The molecule has 1 aromatic rings. The van der Waals surface area contributed by atoms with E-state index in [0.29, 0.717) is 5.92 Å². The summed E-state index contributed by atoms with van der Waals surface area (Å²) < 4.78 is 0. The van der Waals surface area contributed by atoms with Crippen LogP contribution in [0, 0.1) is 5.92 Å². The molecule has 1 atom stereocenters. The maximum absolute atomic E-state index is 11.8. The summed E-state index contributed by atoms with van der Waals surface area (Å²) in [7, 11) is 0. The molecule has 90 valence electrons. The molecule has 0 aromatic carbocycles. The molecule has 0 saturated heterocycles. The predicted octanol–water partition coefficient (Wildman–Crippen LogP) is 1.31. The zero-order valence-electron chi connectivity index (χ0n) is 9.51. The molecule has 1 heterocycles. The summed E-state index contributed by atoms with van der Waals surface area (Å²) in [5.41, 5.74) is 0.0362. The molecule has 1 aliphatic rings. The first kappa shape index (κ1) is 11.6. The van der Waals surface area contributed by atoms with Crippen molar-refractivity contribution in [1.29, 1.82) is 0 Å². The molecule has 0 aliphatic heterocycles. The second-order valence-corrected chi connectivity index (χ2v) is 4.31. The van der Waals surface area contributed by atoms with Crippen molar-refractivity contribution < 1.29 is 14.7 Å². The van der Waals surface area contributed by atoms with Gasteiger partial charge in [0.2, 0.25) is 0 Å². The highest BCUT2D eigenvalue weighted by molar-refractivity contribution is 5.94. The second-order valence-electron chi connectivity index (χ2n) is 4.31. The van der Waals surface area contributed by atoms with Gasteiger partial charge >= 0.3 is 5.97 Å². The minimum Gasteiger partial charge on any atom is -0.477 e. The van der Waals surface area contributed by atoms with Gasteiger partial charge in [-0.05, 0) is 37.8 Å². The molecule has 17 heavy (non-hydrogen) atoms. The Morgan fingerprint density at radius 3 is 2.65 bits per heavy atom. The largest absolute Gasteiger partial charge is 0.477 e. The van der Waals surface area contributed by atoms with E-state index >= 15 is 0 Å². The quantitative estimate of drug-likeness (QED) is 0.823. The number of hydrogen-bond donors (Lipinski definition) is 2. The van der Waals surface area contributed by atoms with E-state index in [4.69, 9.17) is 5.11 Å². The first-order chi connectivity index (χ1) is 8.08. The van der Waals surface area contributed by atoms with Crippen LogP contribution >= 0.6 is 0 Å². The number of nitrogens with zero attached hydrogens (tertiary/aromatic N) is 1. The Kier molecular flexibility index (Phi) is 3.08. The molecular weight excluding hydrogens is 220 g/mol. The number of amides is 1. The maximum atomic E-state index is 11.8. The van der Waals surface area contributed by atoms with Gasteiger partial charge in [-0.25, -0.2) is 9.78 Å². The number of hydrogen-bond acceptors (Lipinski definition) is 3. The van der Waals surface area contributed by atoms with Crippen LogP contribution in [0.1, 0.15) is 40.7 Å². The Balaban J connectivity index is 2.07. The summed E-state index contributed by atoms with van der Waals surface area (Å²) in [5, 5.41) is 11.6. The van der Waals surface area contributed by atoms with Gasteiger partial charge in [0.05, 0.1) is 0 Å². The summed E-state index contributed by atoms with van der Waals surface area (Å²) in [4.78, 5) is 26.3. The van der Waals surface area contributed by atoms with E-state index < -0.39 is 5.97 Å². The van der Waals surface area contributed by atoms with E-state index in [0.717, 1.165) is 12.8 Å². The minimum atomic E-state index is -1.13. The molecular formula is C12H14N2O3. The summed E-state index contributed by atoms with van der Waals surface area (Å²) in [6.07, 6.45) is 2.29. The summed E-state index contributed by atoms with van der Waals surface area (Å²) in [6, 6.07) is 4.52. The molecule has 5 heteroatoms. The lowest BCUT2D eigenvalue weighted by atomic mass is 10.2. The molecule has 0 bridgehead atoms. The molecule has 0 spiro atoms. The van der Waals surface area contributed by atoms with Crippen LogP contribution in [0.5, 0.6) is 0 Å². The minimum absolute atomic E-state index is 0.114. The normalized spacial score (nSPS) is 16.3. The molecule has 0 radical (unpaired) electrons. The molecule has 1 aliphatic carbocycles. The molecule has 1 fully saturated rings.